The minimum Gasteiger partial charge on any atom is -0.436 e. The molecule has 12 rings (SSSR count). The van der Waals surface area contributed by atoms with Crippen molar-refractivity contribution in [1.82, 2.24) is 24.5 Å². The number of thiophene rings is 1. The fraction of sp³-hybridized carbons (Fsp3) is 0. The molecule has 0 aliphatic heterocycles. The number of hydrogen-bond donors (Lipinski definition) is 0. The molecule has 0 radical (unpaired) electrons. The van der Waals surface area contributed by atoms with Crippen molar-refractivity contribution in [1.29, 1.82) is 0 Å². The van der Waals surface area contributed by atoms with Crippen LogP contribution in [0.4, 0.5) is 0 Å². The zero-order valence-electron chi connectivity index (χ0n) is 31.5. The summed E-state index contributed by atoms with van der Waals surface area (Å²) in [5.41, 5.74) is 11.1. The van der Waals surface area contributed by atoms with Crippen LogP contribution in [0.25, 0.3) is 116 Å². The lowest BCUT2D eigenvalue weighted by molar-refractivity contribution is 0.620. The molecular weight excluding hydrogens is 743 g/mol. The van der Waals surface area contributed by atoms with Crippen LogP contribution in [0.15, 0.2) is 192 Å². The van der Waals surface area contributed by atoms with Gasteiger partial charge in [0, 0.05) is 58.9 Å². The van der Waals surface area contributed by atoms with Crippen molar-refractivity contribution in [2.75, 3.05) is 0 Å². The van der Waals surface area contributed by atoms with Crippen LogP contribution in [-0.2, 0) is 0 Å². The second kappa shape index (κ2) is 13.4. The zero-order chi connectivity index (χ0) is 38.9. The molecule has 4 aromatic heterocycles. The van der Waals surface area contributed by atoms with Crippen molar-refractivity contribution in [3.05, 3.63) is 188 Å². The van der Waals surface area contributed by atoms with E-state index in [1.54, 1.807) is 11.3 Å². The minimum absolute atomic E-state index is 0.623. The maximum atomic E-state index is 6.03. The zero-order valence-corrected chi connectivity index (χ0v) is 32.3. The molecule has 0 aliphatic rings. The fourth-order valence-corrected chi connectivity index (χ4v) is 9.46. The van der Waals surface area contributed by atoms with Crippen LogP contribution in [0.5, 0.6) is 0 Å². The lowest BCUT2D eigenvalue weighted by Crippen LogP contribution is -2.00. The highest BCUT2D eigenvalue weighted by Crippen LogP contribution is 2.42. The molecule has 0 amide bonds. The third kappa shape index (κ3) is 5.62. The highest BCUT2D eigenvalue weighted by Gasteiger charge is 2.19. The Hall–Kier alpha value is -7.74. The number of oxazole rings is 1. The van der Waals surface area contributed by atoms with Gasteiger partial charge in [0.2, 0.25) is 5.89 Å². The molecule has 0 bridgehead atoms. The third-order valence-electron chi connectivity index (χ3n) is 11.1. The number of benzene rings is 8. The Kier molecular flexibility index (Phi) is 7.61. The SMILES string of the molecule is c1ccc(-c2nc(-c3ccc4c(c3)c3ccccc3n4-c3ccccc3)nc(-c3cccc4c3sc3ccc(-c5ccc(-c6nc7ccccc7o6)cc5)cc34)n2)cc1. The number of para-hydroxylation sites is 4. The molecule has 0 atom stereocenters. The van der Waals surface area contributed by atoms with E-state index in [1.807, 2.05) is 42.5 Å². The van der Waals surface area contributed by atoms with Crippen molar-refractivity contribution in [3.8, 4) is 62.4 Å². The Morgan fingerprint density at radius 3 is 1.90 bits per heavy atom. The van der Waals surface area contributed by atoms with Gasteiger partial charge in [-0.25, -0.2) is 19.9 Å². The van der Waals surface area contributed by atoms with Crippen molar-refractivity contribution >= 4 is 64.4 Å². The summed E-state index contributed by atoms with van der Waals surface area (Å²) in [6, 6.07) is 65.3. The molecule has 6 nitrogen and oxygen atoms in total. The molecule has 12 aromatic rings. The van der Waals surface area contributed by atoms with Gasteiger partial charge in [-0.15, -0.1) is 11.3 Å². The van der Waals surface area contributed by atoms with E-state index in [4.69, 9.17) is 19.4 Å². The summed E-state index contributed by atoms with van der Waals surface area (Å²) in [5.74, 6) is 2.54. The molecule has 0 N–H and O–H groups in total. The third-order valence-corrected chi connectivity index (χ3v) is 12.3. The maximum Gasteiger partial charge on any atom is 0.227 e. The molecule has 0 saturated heterocycles. The van der Waals surface area contributed by atoms with Gasteiger partial charge in [-0.05, 0) is 90.0 Å². The van der Waals surface area contributed by atoms with E-state index < -0.39 is 0 Å². The first-order valence-electron chi connectivity index (χ1n) is 19.5. The van der Waals surface area contributed by atoms with Crippen LogP contribution in [0.1, 0.15) is 0 Å². The summed E-state index contributed by atoms with van der Waals surface area (Å²) in [5, 5.41) is 4.70. The van der Waals surface area contributed by atoms with E-state index in [0.29, 0.717) is 23.4 Å². The van der Waals surface area contributed by atoms with Crippen molar-refractivity contribution < 1.29 is 4.42 Å². The first-order valence-corrected chi connectivity index (χ1v) is 20.4. The standard InChI is InChI=1S/C52H31N5OS/c1-3-12-33(13-4-1)49-54-50(36-26-28-45-41(31-36)38-16-7-9-20-44(38)57(45)37-14-5-2-6-15-37)56-51(55-49)40-18-11-17-39-42-30-35(27-29-47(42)59-48(39)40)32-22-24-34(25-23-32)52-53-43-19-8-10-21-46(43)58-52/h1-31H. The number of rotatable bonds is 6. The fourth-order valence-electron chi connectivity index (χ4n) is 8.26. The summed E-state index contributed by atoms with van der Waals surface area (Å²) in [6.45, 7) is 0. The molecular formula is C52H31N5OS. The molecule has 8 aromatic carbocycles. The first-order chi connectivity index (χ1) is 29.2. The molecule has 276 valence electrons. The number of hydrogen-bond acceptors (Lipinski definition) is 6. The molecule has 59 heavy (non-hydrogen) atoms. The Balaban J connectivity index is 0.973. The first kappa shape index (κ1) is 33.4. The predicted octanol–water partition coefficient (Wildman–Crippen LogP) is 13.8. The summed E-state index contributed by atoms with van der Waals surface area (Å²) >= 11 is 1.77. The van der Waals surface area contributed by atoms with Gasteiger partial charge in [-0.2, -0.15) is 0 Å². The predicted molar refractivity (Wildman–Crippen MR) is 242 cm³/mol. The van der Waals surface area contributed by atoms with Gasteiger partial charge >= 0.3 is 0 Å². The van der Waals surface area contributed by atoms with Gasteiger partial charge in [0.15, 0.2) is 23.1 Å². The van der Waals surface area contributed by atoms with Crippen LogP contribution < -0.4 is 0 Å². The van der Waals surface area contributed by atoms with Gasteiger partial charge < -0.3 is 8.98 Å². The van der Waals surface area contributed by atoms with Gasteiger partial charge in [-0.1, -0.05) is 109 Å². The Morgan fingerprint density at radius 2 is 1.05 bits per heavy atom. The second-order valence-electron chi connectivity index (χ2n) is 14.7. The Bertz CT molecular complexity index is 3520. The smallest absolute Gasteiger partial charge is 0.227 e. The van der Waals surface area contributed by atoms with Gasteiger partial charge in [-0.3, -0.25) is 0 Å². The summed E-state index contributed by atoms with van der Waals surface area (Å²) in [6.07, 6.45) is 0. The van der Waals surface area contributed by atoms with Crippen LogP contribution >= 0.6 is 11.3 Å². The average Bonchev–Trinajstić information content (AvgIpc) is 4.01. The van der Waals surface area contributed by atoms with Crippen LogP contribution in [-0.4, -0.2) is 24.5 Å². The van der Waals surface area contributed by atoms with E-state index in [-0.39, 0.29) is 0 Å². The van der Waals surface area contributed by atoms with E-state index in [1.165, 1.54) is 20.9 Å². The normalized spacial score (nSPS) is 11.7. The molecule has 0 saturated carbocycles. The summed E-state index contributed by atoms with van der Waals surface area (Å²) in [4.78, 5) is 20.2. The summed E-state index contributed by atoms with van der Waals surface area (Å²) < 4.78 is 10.7. The number of fused-ring (bicyclic) bond motifs is 7. The average molecular weight is 774 g/mol. The number of nitrogens with zero attached hydrogens (tertiary/aromatic N) is 5. The Morgan fingerprint density at radius 1 is 0.407 bits per heavy atom. The van der Waals surface area contributed by atoms with E-state index in [2.05, 4.69) is 155 Å². The van der Waals surface area contributed by atoms with Crippen LogP contribution in [0.3, 0.4) is 0 Å². The maximum absolute atomic E-state index is 6.03. The topological polar surface area (TPSA) is 69.6 Å². The van der Waals surface area contributed by atoms with E-state index in [0.717, 1.165) is 71.3 Å². The van der Waals surface area contributed by atoms with Crippen molar-refractivity contribution in [3.63, 3.8) is 0 Å². The summed E-state index contributed by atoms with van der Waals surface area (Å²) in [7, 11) is 0. The quantitative estimate of drug-likeness (QED) is 0.168. The highest BCUT2D eigenvalue weighted by molar-refractivity contribution is 7.26. The molecule has 0 aliphatic carbocycles. The molecule has 7 heteroatoms. The van der Waals surface area contributed by atoms with E-state index in [9.17, 15) is 0 Å². The minimum atomic E-state index is 0.623. The monoisotopic (exact) mass is 773 g/mol. The lowest BCUT2D eigenvalue weighted by Gasteiger charge is -2.10. The highest BCUT2D eigenvalue weighted by atomic mass is 32.1. The van der Waals surface area contributed by atoms with Gasteiger partial charge in [0.25, 0.3) is 0 Å². The molecule has 4 heterocycles. The largest absolute Gasteiger partial charge is 0.436 e. The van der Waals surface area contributed by atoms with Crippen molar-refractivity contribution in [2.24, 2.45) is 0 Å². The molecule has 0 spiro atoms. The second-order valence-corrected chi connectivity index (χ2v) is 15.7. The number of aromatic nitrogens is 5. The van der Waals surface area contributed by atoms with Gasteiger partial charge in [0.05, 0.1) is 11.0 Å². The molecule has 0 unspecified atom stereocenters. The lowest BCUT2D eigenvalue weighted by atomic mass is 10.0. The molecule has 0 fully saturated rings. The Labute approximate surface area is 342 Å². The van der Waals surface area contributed by atoms with E-state index >= 15 is 0 Å². The van der Waals surface area contributed by atoms with Crippen molar-refractivity contribution in [2.45, 2.75) is 0 Å². The van der Waals surface area contributed by atoms with Crippen LogP contribution in [0.2, 0.25) is 0 Å². The van der Waals surface area contributed by atoms with Crippen LogP contribution in [0, 0.1) is 0 Å². The van der Waals surface area contributed by atoms with Gasteiger partial charge in [0.1, 0.15) is 5.52 Å².